The van der Waals surface area contributed by atoms with Gasteiger partial charge >= 0.3 is 11.9 Å². The topological polar surface area (TPSA) is 137 Å². The summed E-state index contributed by atoms with van der Waals surface area (Å²) >= 11 is 0. The largest absolute Gasteiger partial charge is 0.365 e. The summed E-state index contributed by atoms with van der Waals surface area (Å²) in [5.74, 6) is -4.27. The van der Waals surface area contributed by atoms with Crippen LogP contribution in [0.1, 0.15) is 52.9 Å². The Morgan fingerprint density at radius 3 is 1.75 bits per heavy atom. The zero-order valence-electron chi connectivity index (χ0n) is 15.9. The first-order chi connectivity index (χ1) is 13.1. The second-order valence-corrected chi connectivity index (χ2v) is 7.04. The zero-order valence-corrected chi connectivity index (χ0v) is 15.9. The number of imide groups is 2. The smallest absolute Gasteiger partial charge is 0.361 e. The molecule has 11 nitrogen and oxygen atoms in total. The van der Waals surface area contributed by atoms with Gasteiger partial charge in [-0.15, -0.1) is 10.1 Å². The van der Waals surface area contributed by atoms with Crippen LogP contribution in [0.15, 0.2) is 0 Å². The van der Waals surface area contributed by atoms with Gasteiger partial charge in [0.1, 0.15) is 0 Å². The van der Waals surface area contributed by atoms with Crippen LogP contribution in [0, 0.1) is 5.41 Å². The van der Waals surface area contributed by atoms with Crippen molar-refractivity contribution in [3.05, 3.63) is 0 Å². The Balaban J connectivity index is 1.91. The fourth-order valence-corrected chi connectivity index (χ4v) is 2.39. The van der Waals surface area contributed by atoms with Gasteiger partial charge in [-0.05, 0) is 20.3 Å². The summed E-state index contributed by atoms with van der Waals surface area (Å²) in [5.41, 5.74) is -1.30. The van der Waals surface area contributed by atoms with Crippen molar-refractivity contribution >= 4 is 35.6 Å². The molecule has 154 valence electrons. The van der Waals surface area contributed by atoms with E-state index in [1.54, 1.807) is 6.92 Å². The molecule has 0 spiro atoms. The van der Waals surface area contributed by atoms with Gasteiger partial charge < -0.3 is 14.4 Å². The second kappa shape index (κ2) is 8.46. The van der Waals surface area contributed by atoms with Gasteiger partial charge in [-0.1, -0.05) is 6.92 Å². The van der Waals surface area contributed by atoms with Gasteiger partial charge in [0.25, 0.3) is 23.6 Å². The Hall–Kier alpha value is -2.82. The first-order valence-corrected chi connectivity index (χ1v) is 8.84. The monoisotopic (exact) mass is 398 g/mol. The van der Waals surface area contributed by atoms with Gasteiger partial charge in [0, 0.05) is 25.7 Å². The number of amides is 4. The highest BCUT2D eigenvalue weighted by Crippen LogP contribution is 2.23. The van der Waals surface area contributed by atoms with E-state index in [9.17, 15) is 28.8 Å². The number of carbonyl (C=O) groups is 6. The molecule has 11 heteroatoms. The van der Waals surface area contributed by atoms with Crippen LogP contribution in [-0.2, 0) is 43.2 Å². The zero-order chi connectivity index (χ0) is 21.1. The van der Waals surface area contributed by atoms with E-state index >= 15 is 0 Å². The minimum Gasteiger partial charge on any atom is -0.365 e. The number of hydrogen-bond acceptors (Lipinski definition) is 9. The van der Waals surface area contributed by atoms with E-state index in [0.717, 1.165) is 0 Å². The summed E-state index contributed by atoms with van der Waals surface area (Å²) in [4.78, 5) is 80.3. The number of rotatable bonds is 8. The lowest BCUT2D eigenvalue weighted by atomic mass is 9.95. The molecule has 0 saturated carbocycles. The number of ether oxygens (including phenoxy) is 1. The summed E-state index contributed by atoms with van der Waals surface area (Å²) in [6.45, 7) is 4.22. The number of nitrogens with zero attached hydrogens (tertiary/aromatic N) is 2. The fraction of sp³-hybridized carbons (Fsp3) is 0.647. The fourth-order valence-electron chi connectivity index (χ4n) is 2.39. The molecule has 2 fully saturated rings. The van der Waals surface area contributed by atoms with E-state index in [1.165, 1.54) is 13.8 Å². The molecule has 28 heavy (non-hydrogen) atoms. The lowest BCUT2D eigenvalue weighted by Crippen LogP contribution is -2.42. The van der Waals surface area contributed by atoms with E-state index in [1.807, 2.05) is 0 Å². The molecule has 2 rings (SSSR count). The molecule has 4 amide bonds. The van der Waals surface area contributed by atoms with Crippen LogP contribution < -0.4 is 0 Å². The first-order valence-electron chi connectivity index (χ1n) is 8.84. The van der Waals surface area contributed by atoms with Gasteiger partial charge in [0.2, 0.25) is 0 Å². The molecule has 0 aromatic carbocycles. The molecule has 2 aliphatic rings. The van der Waals surface area contributed by atoms with Crippen LogP contribution in [0.2, 0.25) is 0 Å². The van der Waals surface area contributed by atoms with E-state index in [2.05, 4.69) is 0 Å². The molecule has 0 aromatic heterocycles. The summed E-state index contributed by atoms with van der Waals surface area (Å²) in [6.07, 6.45) is -1.10. The molecule has 0 aromatic rings. The Morgan fingerprint density at radius 1 is 0.893 bits per heavy atom. The average molecular weight is 398 g/mol. The van der Waals surface area contributed by atoms with E-state index in [-0.39, 0.29) is 38.7 Å². The van der Waals surface area contributed by atoms with Gasteiger partial charge in [-0.3, -0.25) is 19.2 Å². The van der Waals surface area contributed by atoms with Crippen LogP contribution in [0.4, 0.5) is 0 Å². The lowest BCUT2D eigenvalue weighted by molar-refractivity contribution is -0.211. The number of hydrogen-bond donors (Lipinski definition) is 0. The minimum absolute atomic E-state index is 0.0271. The average Bonchev–Trinajstić information content (AvgIpc) is 3.12. The predicted molar refractivity (Wildman–Crippen MR) is 88.2 cm³/mol. The Labute approximate surface area is 160 Å². The van der Waals surface area contributed by atoms with Crippen molar-refractivity contribution in [2.24, 2.45) is 5.41 Å². The molecule has 0 N–H and O–H groups in total. The number of hydroxylamine groups is 4. The van der Waals surface area contributed by atoms with Crippen LogP contribution in [0.5, 0.6) is 0 Å². The molecule has 0 bridgehead atoms. The van der Waals surface area contributed by atoms with Crippen LogP contribution >= 0.6 is 0 Å². The van der Waals surface area contributed by atoms with Crippen molar-refractivity contribution in [2.75, 3.05) is 6.61 Å². The Bertz CT molecular complexity index is 683. The van der Waals surface area contributed by atoms with Crippen LogP contribution in [0.3, 0.4) is 0 Å². The molecule has 1 atom stereocenters. The maximum atomic E-state index is 12.3. The summed E-state index contributed by atoms with van der Waals surface area (Å²) < 4.78 is 5.42. The molecule has 2 aliphatic heterocycles. The van der Waals surface area contributed by atoms with Gasteiger partial charge in [-0.2, -0.15) is 0 Å². The van der Waals surface area contributed by atoms with Crippen LogP contribution in [0.25, 0.3) is 0 Å². The quantitative estimate of drug-likeness (QED) is 0.518. The summed E-state index contributed by atoms with van der Waals surface area (Å²) in [6, 6.07) is 0. The molecule has 2 heterocycles. The van der Waals surface area contributed by atoms with Crippen molar-refractivity contribution in [3.63, 3.8) is 0 Å². The number of carbonyl (C=O) groups excluding carboxylic acids is 6. The lowest BCUT2D eigenvalue weighted by Gasteiger charge is -2.26. The van der Waals surface area contributed by atoms with Gasteiger partial charge in [-0.25, -0.2) is 9.59 Å². The Morgan fingerprint density at radius 2 is 1.32 bits per heavy atom. The van der Waals surface area contributed by atoms with Crippen molar-refractivity contribution in [3.8, 4) is 0 Å². The molecule has 1 unspecified atom stereocenters. The third kappa shape index (κ3) is 4.71. The van der Waals surface area contributed by atoms with E-state index < -0.39 is 47.1 Å². The maximum Gasteiger partial charge on any atom is 0.361 e. The summed E-state index contributed by atoms with van der Waals surface area (Å²) in [7, 11) is 0. The first kappa shape index (κ1) is 21.5. The third-order valence-corrected chi connectivity index (χ3v) is 4.20. The highest BCUT2D eigenvalue weighted by atomic mass is 16.7. The molecule has 0 radical (unpaired) electrons. The van der Waals surface area contributed by atoms with Crippen molar-refractivity contribution in [1.29, 1.82) is 0 Å². The van der Waals surface area contributed by atoms with Gasteiger partial charge in [0.05, 0.1) is 12.0 Å². The standard InChI is InChI=1S/C17H22N2O9/c1-4-10(15(24)27-18-11(20)5-6-12(18)21)26-9-17(2,3)16(25)28-19-13(22)7-8-14(19)23/h10H,4-9H2,1-3H3. The molecule has 0 aliphatic carbocycles. The Kier molecular flexibility index (Phi) is 6.49. The normalized spacial score (nSPS) is 18.7. The van der Waals surface area contributed by atoms with Gasteiger partial charge in [0.15, 0.2) is 6.10 Å². The maximum absolute atomic E-state index is 12.3. The SMILES string of the molecule is CCC(OCC(C)(C)C(=O)ON1C(=O)CCC1=O)C(=O)ON1C(=O)CCC1=O. The summed E-state index contributed by atoms with van der Waals surface area (Å²) in [5, 5.41) is 0.846. The molecular weight excluding hydrogens is 376 g/mol. The van der Waals surface area contributed by atoms with E-state index in [4.69, 9.17) is 14.4 Å². The predicted octanol–water partition coefficient (Wildman–Crippen LogP) is 0.0222. The second-order valence-electron chi connectivity index (χ2n) is 7.04. The molecule has 2 saturated heterocycles. The van der Waals surface area contributed by atoms with Crippen molar-refractivity contribution in [2.45, 2.75) is 59.0 Å². The third-order valence-electron chi connectivity index (χ3n) is 4.20. The highest BCUT2D eigenvalue weighted by molar-refractivity contribution is 6.02. The minimum atomic E-state index is -1.30. The van der Waals surface area contributed by atoms with Crippen molar-refractivity contribution in [1.82, 2.24) is 10.1 Å². The van der Waals surface area contributed by atoms with Crippen molar-refractivity contribution < 1.29 is 43.2 Å². The van der Waals surface area contributed by atoms with Crippen LogP contribution in [-0.4, -0.2) is 58.4 Å². The van der Waals surface area contributed by atoms with E-state index in [0.29, 0.717) is 10.1 Å². The highest BCUT2D eigenvalue weighted by Gasteiger charge is 2.40. The molecular formula is C17H22N2O9.